The van der Waals surface area contributed by atoms with Gasteiger partial charge in [-0.3, -0.25) is 4.79 Å². The quantitative estimate of drug-likeness (QED) is 0.464. The number of methoxy groups -OCH3 is 1. The standard InChI is InChI=1S/C16H16O2.3CO.Cr/c1-11-7-4-5-8-13(11)16-14(12(2)17)9-6-10-15(16)18-3;3*1-2;/h4-10H,1-3H3;;;;. The van der Waals surface area contributed by atoms with E-state index in [0.29, 0.717) is 5.56 Å². The van der Waals surface area contributed by atoms with Gasteiger partial charge in [-0.1, -0.05) is 36.4 Å². The molecule has 2 aromatic carbocycles. The van der Waals surface area contributed by atoms with Crippen LogP contribution in [0.1, 0.15) is 22.8 Å². The second-order valence-electron chi connectivity index (χ2n) is 4.25. The number of ketones is 1. The van der Waals surface area contributed by atoms with Gasteiger partial charge in [-0.05, 0) is 31.0 Å². The van der Waals surface area contributed by atoms with Gasteiger partial charge in [0.15, 0.2) is 5.78 Å². The molecule has 6 heteroatoms. The first-order valence-corrected chi connectivity index (χ1v) is 6.50. The fourth-order valence-electron chi connectivity index (χ4n) is 2.13. The van der Waals surface area contributed by atoms with Gasteiger partial charge in [0.2, 0.25) is 0 Å². The molecule has 0 spiro atoms. The molecule has 2 rings (SSSR count). The molecule has 0 aliphatic heterocycles. The number of hydrogen-bond donors (Lipinski definition) is 0. The molecule has 0 amide bonds. The molecule has 0 bridgehead atoms. The molecular formula is C19H16CrO5. The molecule has 0 radical (unpaired) electrons. The van der Waals surface area contributed by atoms with Crippen LogP contribution in [0.2, 0.25) is 0 Å². The Labute approximate surface area is 158 Å². The van der Waals surface area contributed by atoms with Crippen molar-refractivity contribution in [2.75, 3.05) is 7.11 Å². The smallest absolute Gasteiger partial charge is 0 e. The van der Waals surface area contributed by atoms with E-state index in [-0.39, 0.29) is 23.1 Å². The minimum atomic E-state index is 0. The third kappa shape index (κ3) is 7.85. The fourth-order valence-corrected chi connectivity index (χ4v) is 2.13. The van der Waals surface area contributed by atoms with Gasteiger partial charge >= 0.3 is 33.9 Å². The van der Waals surface area contributed by atoms with Crippen molar-refractivity contribution in [2.24, 2.45) is 0 Å². The summed E-state index contributed by atoms with van der Waals surface area (Å²) < 4.78 is 27.9. The summed E-state index contributed by atoms with van der Waals surface area (Å²) in [7, 11) is 1.63. The van der Waals surface area contributed by atoms with Crippen LogP contribution in [0.4, 0.5) is 0 Å². The van der Waals surface area contributed by atoms with Crippen molar-refractivity contribution in [3.05, 3.63) is 73.5 Å². The van der Waals surface area contributed by atoms with Crippen LogP contribution in [-0.4, -0.2) is 12.9 Å². The van der Waals surface area contributed by atoms with Crippen molar-refractivity contribution >= 4 is 5.78 Å². The second-order valence-corrected chi connectivity index (χ2v) is 4.25. The molecule has 0 atom stereocenters. The number of rotatable bonds is 3. The second kappa shape index (κ2) is 16.5. The third-order valence-electron chi connectivity index (χ3n) is 3.04. The fraction of sp³-hybridized carbons (Fsp3) is 0.158. The molecule has 0 unspecified atom stereocenters. The zero-order valence-corrected chi connectivity index (χ0v) is 15.3. The Morgan fingerprint density at radius 3 is 1.88 bits per heavy atom. The number of benzene rings is 2. The molecule has 0 saturated carbocycles. The Morgan fingerprint density at radius 2 is 1.44 bits per heavy atom. The van der Waals surface area contributed by atoms with Gasteiger partial charge in [-0.25, -0.2) is 0 Å². The summed E-state index contributed by atoms with van der Waals surface area (Å²) in [5.74, 6) is 0.782. The number of hydrogen-bond acceptors (Lipinski definition) is 2. The maximum absolute atomic E-state index is 11.8. The minimum Gasteiger partial charge on any atom is 0 e. The summed E-state index contributed by atoms with van der Waals surface area (Å²) in [5, 5.41) is 0. The summed E-state index contributed by atoms with van der Waals surface area (Å²) in [6.45, 7) is 17.1. The predicted molar refractivity (Wildman–Crippen MR) is 85.0 cm³/mol. The first-order chi connectivity index (χ1) is 11.6. The summed E-state index contributed by atoms with van der Waals surface area (Å²) in [6.07, 6.45) is 0. The number of Topliss-reactive ketones (excluding diaryl/α,β-unsaturated/α-hetero) is 1. The van der Waals surface area contributed by atoms with E-state index in [2.05, 4.69) is 20.0 Å². The zero-order chi connectivity index (χ0) is 19.1. The van der Waals surface area contributed by atoms with Crippen molar-refractivity contribution in [3.8, 4) is 16.9 Å². The van der Waals surface area contributed by atoms with Crippen LogP contribution >= 0.6 is 0 Å². The summed E-state index contributed by atoms with van der Waals surface area (Å²) >= 11 is 0. The Kier molecular flexibility index (Phi) is 18.2. The van der Waals surface area contributed by atoms with Crippen LogP contribution in [0.15, 0.2) is 42.5 Å². The average Bonchev–Trinajstić information content (AvgIpc) is 2.66. The zero-order valence-electron chi connectivity index (χ0n) is 14.0. The molecule has 5 nitrogen and oxygen atoms in total. The van der Waals surface area contributed by atoms with E-state index in [4.69, 9.17) is 18.7 Å². The molecule has 0 aliphatic carbocycles. The molecule has 2 aromatic rings. The number of carbonyl (C=O) groups excluding carboxylic acids is 1. The predicted octanol–water partition coefficient (Wildman–Crippen LogP) is 3.76. The Morgan fingerprint density at radius 1 is 0.920 bits per heavy atom. The van der Waals surface area contributed by atoms with E-state index in [1.807, 2.05) is 49.4 Å². The third-order valence-corrected chi connectivity index (χ3v) is 3.04. The minimum absolute atomic E-state index is 0. The van der Waals surface area contributed by atoms with Gasteiger partial charge < -0.3 is 4.74 Å². The first-order valence-electron chi connectivity index (χ1n) is 6.50. The van der Waals surface area contributed by atoms with E-state index >= 15 is 0 Å². The number of aryl methyl sites for hydroxylation is 1. The molecule has 25 heavy (non-hydrogen) atoms. The van der Waals surface area contributed by atoms with E-state index < -0.39 is 0 Å². The Bertz CT molecular complexity index is 703. The van der Waals surface area contributed by atoms with E-state index in [1.165, 1.54) is 0 Å². The SMILES string of the molecule is COc1cccc(C(C)=O)c1-c1ccccc1C.[C-]#[O+].[C-]#[O+].[C-]#[O+].[Cr]. The van der Waals surface area contributed by atoms with Gasteiger partial charge in [-0.2, -0.15) is 0 Å². The topological polar surface area (TPSA) is 86.0 Å². The van der Waals surface area contributed by atoms with E-state index in [0.717, 1.165) is 22.4 Å². The Balaban J connectivity index is -0.000000626. The normalized spacial score (nSPS) is 7.56. The van der Waals surface area contributed by atoms with Crippen molar-refractivity contribution in [1.82, 2.24) is 0 Å². The van der Waals surface area contributed by atoms with Crippen LogP contribution in [-0.2, 0) is 31.3 Å². The van der Waals surface area contributed by atoms with Crippen molar-refractivity contribution in [1.29, 1.82) is 0 Å². The van der Waals surface area contributed by atoms with Crippen LogP contribution in [0.3, 0.4) is 0 Å². The molecule has 0 heterocycles. The molecule has 0 fully saturated rings. The molecule has 0 saturated heterocycles. The van der Waals surface area contributed by atoms with Crippen LogP contribution in [0.25, 0.3) is 11.1 Å². The van der Waals surface area contributed by atoms with Gasteiger partial charge in [0.25, 0.3) is 0 Å². The van der Waals surface area contributed by atoms with Gasteiger partial charge in [0, 0.05) is 28.5 Å². The maximum Gasteiger partial charge on any atom is 0 e. The largest absolute Gasteiger partial charge is 0 e. The molecule has 0 aromatic heterocycles. The van der Waals surface area contributed by atoms with Crippen molar-refractivity contribution in [2.45, 2.75) is 13.8 Å². The van der Waals surface area contributed by atoms with Crippen LogP contribution < -0.4 is 4.74 Å². The van der Waals surface area contributed by atoms with Crippen LogP contribution in [0, 0.1) is 26.9 Å². The van der Waals surface area contributed by atoms with E-state index in [1.54, 1.807) is 14.0 Å². The van der Waals surface area contributed by atoms with E-state index in [9.17, 15) is 4.79 Å². The first kappa shape index (κ1) is 27.5. The average molecular weight is 376 g/mol. The Hall–Kier alpha value is -2.34. The molecule has 0 N–H and O–H groups in total. The van der Waals surface area contributed by atoms with Gasteiger partial charge in [0.1, 0.15) is 5.75 Å². The molecular weight excluding hydrogens is 360 g/mol. The number of ether oxygens (including phenoxy) is 1. The maximum atomic E-state index is 11.8. The summed E-state index contributed by atoms with van der Waals surface area (Å²) in [4.78, 5) is 11.8. The van der Waals surface area contributed by atoms with Gasteiger partial charge in [-0.15, -0.1) is 0 Å². The molecule has 128 valence electrons. The summed E-state index contributed by atoms with van der Waals surface area (Å²) in [6, 6.07) is 13.6. The number of carbonyl (C=O) groups is 1. The van der Waals surface area contributed by atoms with Crippen LogP contribution in [0.5, 0.6) is 5.75 Å². The van der Waals surface area contributed by atoms with Gasteiger partial charge in [0.05, 0.1) is 7.11 Å². The van der Waals surface area contributed by atoms with Crippen molar-refractivity contribution in [3.63, 3.8) is 0 Å². The molecule has 0 aliphatic rings. The monoisotopic (exact) mass is 376 g/mol. The van der Waals surface area contributed by atoms with Crippen molar-refractivity contribution < 1.29 is 40.8 Å². The summed E-state index contributed by atoms with van der Waals surface area (Å²) in [5.41, 5.74) is 3.75.